The molecule has 0 amide bonds. The van der Waals surface area contributed by atoms with Gasteiger partial charge in [0.05, 0.1) is 12.8 Å². The lowest BCUT2D eigenvalue weighted by molar-refractivity contribution is 0.416. The summed E-state index contributed by atoms with van der Waals surface area (Å²) in [5, 5.41) is 9.56. The van der Waals surface area contributed by atoms with Gasteiger partial charge < -0.3 is 15.6 Å². The maximum atomic E-state index is 9.56. The molecule has 0 atom stereocenters. The van der Waals surface area contributed by atoms with Crippen LogP contribution >= 0.6 is 0 Å². The van der Waals surface area contributed by atoms with E-state index in [1.807, 2.05) is 30.3 Å². The van der Waals surface area contributed by atoms with Crippen LogP contribution in [0.1, 0.15) is 0 Å². The number of benzene rings is 2. The number of methoxy groups -OCH3 is 1. The van der Waals surface area contributed by atoms with Crippen molar-refractivity contribution in [3.63, 3.8) is 0 Å². The number of ether oxygens (including phenoxy) is 1. The molecule has 2 rings (SSSR count). The van der Waals surface area contributed by atoms with E-state index < -0.39 is 0 Å². The number of phenols is 1. The van der Waals surface area contributed by atoms with E-state index in [9.17, 15) is 5.11 Å². The highest BCUT2D eigenvalue weighted by Crippen LogP contribution is 2.33. The Morgan fingerprint density at radius 3 is 2.56 bits per heavy atom. The van der Waals surface area contributed by atoms with Crippen LogP contribution in [0.5, 0.6) is 11.5 Å². The van der Waals surface area contributed by atoms with Gasteiger partial charge in [0.2, 0.25) is 0 Å². The zero-order chi connectivity index (χ0) is 11.5. The van der Waals surface area contributed by atoms with Crippen molar-refractivity contribution in [1.29, 1.82) is 0 Å². The normalized spacial score (nSPS) is 10.1. The first-order valence-electron chi connectivity index (χ1n) is 4.94. The Labute approximate surface area is 94.1 Å². The molecule has 0 aliphatic heterocycles. The van der Waals surface area contributed by atoms with Gasteiger partial charge >= 0.3 is 0 Å². The number of rotatable bonds is 2. The Morgan fingerprint density at radius 1 is 1.12 bits per heavy atom. The van der Waals surface area contributed by atoms with E-state index in [4.69, 9.17) is 10.5 Å². The standard InChI is InChI=1S/C13H13NO2/c1-16-13-5-3-2-4-10(13)9-6-7-11(14)12(15)8-9/h2-8,15H,14H2,1H3. The lowest BCUT2D eigenvalue weighted by Crippen LogP contribution is -1.89. The smallest absolute Gasteiger partial charge is 0.139 e. The summed E-state index contributed by atoms with van der Waals surface area (Å²) in [6.07, 6.45) is 0. The van der Waals surface area contributed by atoms with Gasteiger partial charge in [0, 0.05) is 5.56 Å². The fourth-order valence-corrected chi connectivity index (χ4v) is 1.59. The molecule has 0 bridgehead atoms. The first-order chi connectivity index (χ1) is 7.72. The van der Waals surface area contributed by atoms with E-state index in [0.29, 0.717) is 5.69 Å². The van der Waals surface area contributed by atoms with Crippen LogP contribution < -0.4 is 10.5 Å². The van der Waals surface area contributed by atoms with Gasteiger partial charge in [0.15, 0.2) is 0 Å². The third-order valence-electron chi connectivity index (χ3n) is 2.45. The second kappa shape index (κ2) is 4.14. The number of phenolic OH excluding ortho intramolecular Hbond substituents is 1. The third kappa shape index (κ3) is 1.80. The minimum Gasteiger partial charge on any atom is -0.506 e. The fraction of sp³-hybridized carbons (Fsp3) is 0.0769. The van der Waals surface area contributed by atoms with Gasteiger partial charge in [-0.1, -0.05) is 24.3 Å². The monoisotopic (exact) mass is 215 g/mol. The second-order valence-electron chi connectivity index (χ2n) is 3.47. The van der Waals surface area contributed by atoms with E-state index >= 15 is 0 Å². The highest BCUT2D eigenvalue weighted by atomic mass is 16.5. The number of nitrogen functional groups attached to an aromatic ring is 1. The quantitative estimate of drug-likeness (QED) is 0.598. The average Bonchev–Trinajstić information content (AvgIpc) is 2.32. The molecule has 0 unspecified atom stereocenters. The van der Waals surface area contributed by atoms with Gasteiger partial charge in [-0.25, -0.2) is 0 Å². The molecular formula is C13H13NO2. The van der Waals surface area contributed by atoms with Crippen molar-refractivity contribution in [3.05, 3.63) is 42.5 Å². The molecule has 3 heteroatoms. The van der Waals surface area contributed by atoms with Gasteiger partial charge in [-0.15, -0.1) is 0 Å². The van der Waals surface area contributed by atoms with Gasteiger partial charge in [-0.05, 0) is 23.8 Å². The van der Waals surface area contributed by atoms with Crippen molar-refractivity contribution in [2.75, 3.05) is 12.8 Å². The van der Waals surface area contributed by atoms with Crippen LogP contribution in [-0.2, 0) is 0 Å². The summed E-state index contributed by atoms with van der Waals surface area (Å²) in [6.45, 7) is 0. The Bertz CT molecular complexity index is 509. The molecule has 0 radical (unpaired) electrons. The largest absolute Gasteiger partial charge is 0.506 e. The molecule has 0 saturated carbocycles. The summed E-state index contributed by atoms with van der Waals surface area (Å²) in [5.74, 6) is 0.857. The number of anilines is 1. The molecule has 3 N–H and O–H groups in total. The predicted molar refractivity (Wildman–Crippen MR) is 64.5 cm³/mol. The molecule has 3 nitrogen and oxygen atoms in total. The van der Waals surface area contributed by atoms with E-state index in [2.05, 4.69) is 0 Å². The van der Waals surface area contributed by atoms with Crippen molar-refractivity contribution in [2.24, 2.45) is 0 Å². The molecule has 0 aliphatic carbocycles. The zero-order valence-corrected chi connectivity index (χ0v) is 8.97. The van der Waals surface area contributed by atoms with Crippen LogP contribution in [-0.4, -0.2) is 12.2 Å². The van der Waals surface area contributed by atoms with Crippen LogP contribution in [0.15, 0.2) is 42.5 Å². The Kier molecular flexibility index (Phi) is 2.68. The van der Waals surface area contributed by atoms with Crippen molar-refractivity contribution < 1.29 is 9.84 Å². The van der Waals surface area contributed by atoms with Crippen LogP contribution in [0.2, 0.25) is 0 Å². The summed E-state index contributed by atoms with van der Waals surface area (Å²) in [7, 11) is 1.62. The summed E-state index contributed by atoms with van der Waals surface area (Å²) in [5.41, 5.74) is 7.74. The molecule has 0 fully saturated rings. The highest BCUT2D eigenvalue weighted by Gasteiger charge is 2.06. The van der Waals surface area contributed by atoms with Crippen LogP contribution in [0.25, 0.3) is 11.1 Å². The van der Waals surface area contributed by atoms with Crippen molar-refractivity contribution >= 4 is 5.69 Å². The summed E-state index contributed by atoms with van der Waals surface area (Å²) in [4.78, 5) is 0. The number of para-hydroxylation sites is 1. The van der Waals surface area contributed by atoms with Crippen molar-refractivity contribution in [3.8, 4) is 22.6 Å². The summed E-state index contributed by atoms with van der Waals surface area (Å²) in [6, 6.07) is 12.8. The number of hydrogen-bond acceptors (Lipinski definition) is 3. The number of aromatic hydroxyl groups is 1. The molecule has 0 heterocycles. The van der Waals surface area contributed by atoms with Crippen molar-refractivity contribution in [1.82, 2.24) is 0 Å². The molecule has 0 aliphatic rings. The fourth-order valence-electron chi connectivity index (χ4n) is 1.59. The Balaban J connectivity index is 2.54. The van der Waals surface area contributed by atoms with E-state index in [1.165, 1.54) is 0 Å². The molecule has 2 aromatic rings. The second-order valence-corrected chi connectivity index (χ2v) is 3.47. The van der Waals surface area contributed by atoms with Gasteiger partial charge in [-0.3, -0.25) is 0 Å². The summed E-state index contributed by atoms with van der Waals surface area (Å²) >= 11 is 0. The lowest BCUT2D eigenvalue weighted by Gasteiger charge is -2.09. The van der Waals surface area contributed by atoms with Crippen LogP contribution in [0, 0.1) is 0 Å². The number of nitrogens with two attached hydrogens (primary N) is 1. The molecule has 0 saturated heterocycles. The van der Waals surface area contributed by atoms with Gasteiger partial charge in [0.1, 0.15) is 11.5 Å². The first-order valence-corrected chi connectivity index (χ1v) is 4.94. The number of hydrogen-bond donors (Lipinski definition) is 2. The first kappa shape index (κ1) is 10.4. The SMILES string of the molecule is COc1ccccc1-c1ccc(N)c(O)c1. The third-order valence-corrected chi connectivity index (χ3v) is 2.45. The highest BCUT2D eigenvalue weighted by molar-refractivity contribution is 5.74. The minimum atomic E-state index is 0.0865. The van der Waals surface area contributed by atoms with E-state index in [0.717, 1.165) is 16.9 Å². The molecule has 0 aromatic heterocycles. The molecular weight excluding hydrogens is 202 g/mol. The van der Waals surface area contributed by atoms with Gasteiger partial charge in [-0.2, -0.15) is 0 Å². The van der Waals surface area contributed by atoms with E-state index in [1.54, 1.807) is 19.2 Å². The minimum absolute atomic E-state index is 0.0865. The Morgan fingerprint density at radius 2 is 1.88 bits per heavy atom. The van der Waals surface area contributed by atoms with Crippen LogP contribution in [0.4, 0.5) is 5.69 Å². The van der Waals surface area contributed by atoms with Gasteiger partial charge in [0.25, 0.3) is 0 Å². The summed E-state index contributed by atoms with van der Waals surface area (Å²) < 4.78 is 5.26. The average molecular weight is 215 g/mol. The molecule has 0 spiro atoms. The predicted octanol–water partition coefficient (Wildman–Crippen LogP) is 2.65. The maximum Gasteiger partial charge on any atom is 0.139 e. The van der Waals surface area contributed by atoms with Crippen molar-refractivity contribution in [2.45, 2.75) is 0 Å². The maximum absolute atomic E-state index is 9.56. The molecule has 16 heavy (non-hydrogen) atoms. The molecule has 82 valence electrons. The zero-order valence-electron chi connectivity index (χ0n) is 8.97. The van der Waals surface area contributed by atoms with E-state index in [-0.39, 0.29) is 5.75 Å². The van der Waals surface area contributed by atoms with Crippen LogP contribution in [0.3, 0.4) is 0 Å². The topological polar surface area (TPSA) is 55.5 Å². The molecule has 2 aromatic carbocycles. The lowest BCUT2D eigenvalue weighted by atomic mass is 10.0. The Hall–Kier alpha value is -2.16.